The Morgan fingerprint density at radius 3 is 2.57 bits per heavy atom. The third-order valence-electron chi connectivity index (χ3n) is 3.65. The lowest BCUT2D eigenvalue weighted by molar-refractivity contribution is 0.0964. The van der Waals surface area contributed by atoms with Crippen molar-refractivity contribution < 1.29 is 9.53 Å². The number of rotatable bonds is 4. The average molecular weight is 306 g/mol. The SMILES string of the molecule is CCOc1ccc(-c2cc(C(=O)NC)c3ccccc3n2)cc1. The third-order valence-corrected chi connectivity index (χ3v) is 3.65. The van der Waals surface area contributed by atoms with Crippen molar-refractivity contribution in [2.75, 3.05) is 13.7 Å². The lowest BCUT2D eigenvalue weighted by atomic mass is 10.0. The maximum Gasteiger partial charge on any atom is 0.251 e. The molecule has 0 unspecified atom stereocenters. The van der Waals surface area contributed by atoms with Crippen molar-refractivity contribution in [3.63, 3.8) is 0 Å². The maximum atomic E-state index is 12.2. The molecule has 1 N–H and O–H groups in total. The molecule has 0 spiro atoms. The zero-order chi connectivity index (χ0) is 16.2. The number of pyridine rings is 1. The van der Waals surface area contributed by atoms with Crippen LogP contribution in [0.2, 0.25) is 0 Å². The molecule has 116 valence electrons. The van der Waals surface area contributed by atoms with Gasteiger partial charge in [-0.1, -0.05) is 18.2 Å². The van der Waals surface area contributed by atoms with Gasteiger partial charge in [-0.3, -0.25) is 4.79 Å². The Balaban J connectivity index is 2.12. The molecule has 0 fully saturated rings. The number of carbonyl (C=O) groups excluding carboxylic acids is 1. The Morgan fingerprint density at radius 1 is 1.13 bits per heavy atom. The second kappa shape index (κ2) is 6.48. The van der Waals surface area contributed by atoms with Gasteiger partial charge in [0, 0.05) is 18.0 Å². The minimum atomic E-state index is -0.115. The van der Waals surface area contributed by atoms with Gasteiger partial charge in [0.2, 0.25) is 0 Å². The van der Waals surface area contributed by atoms with Gasteiger partial charge in [0.05, 0.1) is 23.4 Å². The minimum absolute atomic E-state index is 0.115. The van der Waals surface area contributed by atoms with E-state index in [1.807, 2.05) is 61.5 Å². The van der Waals surface area contributed by atoms with E-state index in [1.165, 1.54) is 0 Å². The molecule has 0 aliphatic rings. The van der Waals surface area contributed by atoms with Crippen molar-refractivity contribution in [1.29, 1.82) is 0 Å². The first-order valence-electron chi connectivity index (χ1n) is 7.58. The van der Waals surface area contributed by atoms with E-state index in [1.54, 1.807) is 7.05 Å². The molecule has 1 amide bonds. The van der Waals surface area contributed by atoms with Gasteiger partial charge in [0.15, 0.2) is 0 Å². The Hall–Kier alpha value is -2.88. The van der Waals surface area contributed by atoms with Gasteiger partial charge in [-0.15, -0.1) is 0 Å². The predicted octanol–water partition coefficient (Wildman–Crippen LogP) is 3.66. The van der Waals surface area contributed by atoms with E-state index < -0.39 is 0 Å². The van der Waals surface area contributed by atoms with E-state index in [0.29, 0.717) is 12.2 Å². The summed E-state index contributed by atoms with van der Waals surface area (Å²) in [7, 11) is 1.63. The van der Waals surface area contributed by atoms with Crippen molar-refractivity contribution in [2.45, 2.75) is 6.92 Å². The molecular formula is C19H18N2O2. The molecule has 0 saturated heterocycles. The molecule has 2 aromatic carbocycles. The quantitative estimate of drug-likeness (QED) is 0.800. The van der Waals surface area contributed by atoms with Crippen LogP contribution in [0.15, 0.2) is 54.6 Å². The largest absolute Gasteiger partial charge is 0.494 e. The summed E-state index contributed by atoms with van der Waals surface area (Å²) in [6.45, 7) is 2.59. The number of ether oxygens (including phenoxy) is 1. The molecule has 4 nitrogen and oxygen atoms in total. The number of fused-ring (bicyclic) bond motifs is 1. The van der Waals surface area contributed by atoms with Gasteiger partial charge >= 0.3 is 0 Å². The van der Waals surface area contributed by atoms with Crippen molar-refractivity contribution in [3.8, 4) is 17.0 Å². The highest BCUT2D eigenvalue weighted by atomic mass is 16.5. The van der Waals surface area contributed by atoms with E-state index in [9.17, 15) is 4.79 Å². The number of aromatic nitrogens is 1. The molecule has 1 aromatic heterocycles. The van der Waals surface area contributed by atoms with E-state index >= 15 is 0 Å². The first kappa shape index (κ1) is 15.0. The van der Waals surface area contributed by atoms with E-state index in [4.69, 9.17) is 4.74 Å². The Kier molecular flexibility index (Phi) is 4.24. The summed E-state index contributed by atoms with van der Waals surface area (Å²) in [5.74, 6) is 0.708. The molecular weight excluding hydrogens is 288 g/mol. The maximum absolute atomic E-state index is 12.2. The number of hydrogen-bond donors (Lipinski definition) is 1. The summed E-state index contributed by atoms with van der Waals surface area (Å²) >= 11 is 0. The van der Waals surface area contributed by atoms with Crippen LogP contribution in [-0.2, 0) is 0 Å². The van der Waals surface area contributed by atoms with Crippen LogP contribution in [0.3, 0.4) is 0 Å². The fourth-order valence-corrected chi connectivity index (χ4v) is 2.53. The third kappa shape index (κ3) is 3.01. The van der Waals surface area contributed by atoms with Crippen LogP contribution in [0.5, 0.6) is 5.75 Å². The van der Waals surface area contributed by atoms with Crippen molar-refractivity contribution in [3.05, 3.63) is 60.2 Å². The van der Waals surface area contributed by atoms with Crippen LogP contribution in [0.4, 0.5) is 0 Å². The normalized spacial score (nSPS) is 10.5. The number of para-hydroxylation sites is 1. The summed E-state index contributed by atoms with van der Waals surface area (Å²) in [5.41, 5.74) is 3.15. The molecule has 0 aliphatic heterocycles. The summed E-state index contributed by atoms with van der Waals surface area (Å²) in [6.07, 6.45) is 0. The van der Waals surface area contributed by atoms with E-state index in [-0.39, 0.29) is 5.91 Å². The van der Waals surface area contributed by atoms with Crippen molar-refractivity contribution >= 4 is 16.8 Å². The number of hydrogen-bond acceptors (Lipinski definition) is 3. The zero-order valence-corrected chi connectivity index (χ0v) is 13.2. The molecule has 3 rings (SSSR count). The highest BCUT2D eigenvalue weighted by Crippen LogP contribution is 2.26. The Morgan fingerprint density at radius 2 is 1.87 bits per heavy atom. The summed E-state index contributed by atoms with van der Waals surface area (Å²) in [4.78, 5) is 16.9. The van der Waals surface area contributed by atoms with Gasteiger partial charge in [0.25, 0.3) is 5.91 Å². The molecule has 0 atom stereocenters. The number of benzene rings is 2. The number of carbonyl (C=O) groups is 1. The summed E-state index contributed by atoms with van der Waals surface area (Å²) < 4.78 is 5.46. The molecule has 0 radical (unpaired) electrons. The Bertz CT molecular complexity index is 842. The van der Waals surface area contributed by atoms with Crippen LogP contribution in [0.25, 0.3) is 22.2 Å². The lowest BCUT2D eigenvalue weighted by Crippen LogP contribution is -2.18. The first-order valence-corrected chi connectivity index (χ1v) is 7.58. The molecule has 1 heterocycles. The minimum Gasteiger partial charge on any atom is -0.494 e. The van der Waals surface area contributed by atoms with Gasteiger partial charge in [-0.25, -0.2) is 4.98 Å². The summed E-state index contributed by atoms with van der Waals surface area (Å²) in [6, 6.07) is 17.2. The molecule has 4 heteroatoms. The number of amides is 1. The van der Waals surface area contributed by atoms with E-state index in [2.05, 4.69) is 10.3 Å². The Labute approximate surface area is 135 Å². The lowest BCUT2D eigenvalue weighted by Gasteiger charge is -2.09. The zero-order valence-electron chi connectivity index (χ0n) is 13.2. The van der Waals surface area contributed by atoms with Crippen LogP contribution in [-0.4, -0.2) is 24.5 Å². The van der Waals surface area contributed by atoms with Gasteiger partial charge < -0.3 is 10.1 Å². The highest BCUT2D eigenvalue weighted by molar-refractivity contribution is 6.07. The average Bonchev–Trinajstić information content (AvgIpc) is 2.61. The fourth-order valence-electron chi connectivity index (χ4n) is 2.53. The second-order valence-electron chi connectivity index (χ2n) is 5.11. The van der Waals surface area contributed by atoms with Crippen LogP contribution < -0.4 is 10.1 Å². The van der Waals surface area contributed by atoms with Crippen molar-refractivity contribution in [1.82, 2.24) is 10.3 Å². The van der Waals surface area contributed by atoms with Gasteiger partial charge in [-0.05, 0) is 43.3 Å². The van der Waals surface area contributed by atoms with Gasteiger partial charge in [-0.2, -0.15) is 0 Å². The molecule has 23 heavy (non-hydrogen) atoms. The van der Waals surface area contributed by atoms with Crippen LogP contribution >= 0.6 is 0 Å². The van der Waals surface area contributed by atoms with Crippen molar-refractivity contribution in [2.24, 2.45) is 0 Å². The molecule has 0 aliphatic carbocycles. The molecule has 3 aromatic rings. The summed E-state index contributed by atoms with van der Waals surface area (Å²) in [5, 5.41) is 3.54. The number of nitrogens with one attached hydrogen (secondary N) is 1. The smallest absolute Gasteiger partial charge is 0.251 e. The predicted molar refractivity (Wildman–Crippen MR) is 91.7 cm³/mol. The first-order chi connectivity index (χ1) is 11.2. The van der Waals surface area contributed by atoms with Crippen LogP contribution in [0, 0.1) is 0 Å². The van der Waals surface area contributed by atoms with E-state index in [0.717, 1.165) is 27.9 Å². The highest BCUT2D eigenvalue weighted by Gasteiger charge is 2.12. The second-order valence-corrected chi connectivity index (χ2v) is 5.11. The van der Waals surface area contributed by atoms with Gasteiger partial charge in [0.1, 0.15) is 5.75 Å². The topological polar surface area (TPSA) is 51.2 Å². The number of nitrogens with zero attached hydrogens (tertiary/aromatic N) is 1. The van der Waals surface area contributed by atoms with Crippen LogP contribution in [0.1, 0.15) is 17.3 Å². The fraction of sp³-hybridized carbons (Fsp3) is 0.158. The molecule has 0 saturated carbocycles. The monoisotopic (exact) mass is 306 g/mol. The standard InChI is InChI=1S/C19H18N2O2/c1-3-23-14-10-8-13(9-11-14)18-12-16(19(22)20-2)15-6-4-5-7-17(15)21-18/h4-12H,3H2,1-2H3,(H,20,22). The molecule has 0 bridgehead atoms.